The van der Waals surface area contributed by atoms with Crippen LogP contribution in [0.5, 0.6) is 0 Å². The van der Waals surface area contributed by atoms with Crippen molar-refractivity contribution in [2.75, 3.05) is 0 Å². The van der Waals surface area contributed by atoms with E-state index in [1.54, 1.807) is 11.5 Å². The van der Waals surface area contributed by atoms with Gasteiger partial charge in [0.2, 0.25) is 0 Å². The van der Waals surface area contributed by atoms with E-state index in [1.165, 1.54) is 0 Å². The highest BCUT2D eigenvalue weighted by molar-refractivity contribution is 5.86. The Labute approximate surface area is 145 Å². The van der Waals surface area contributed by atoms with Crippen LogP contribution in [0, 0.1) is 11.3 Å². The van der Waals surface area contributed by atoms with Gasteiger partial charge in [-0.05, 0) is 28.3 Å². The molecule has 4 nitrogen and oxygen atoms in total. The summed E-state index contributed by atoms with van der Waals surface area (Å²) in [5.74, 6) is -1.09. The molecule has 25 heavy (non-hydrogen) atoms. The Hall–Kier alpha value is -3.42. The molecule has 122 valence electrons. The molecule has 0 fully saturated rings. The van der Waals surface area contributed by atoms with Crippen LogP contribution in [0.4, 0.5) is 0 Å². The Bertz CT molecular complexity index is 913. The quantitative estimate of drug-likeness (QED) is 0.564. The molecule has 0 spiro atoms. The van der Waals surface area contributed by atoms with Gasteiger partial charge in [0.05, 0.1) is 17.6 Å². The molecule has 0 saturated heterocycles. The molecule has 0 bridgehead atoms. The number of carbonyl (C=O) groups is 1. The first-order chi connectivity index (χ1) is 12.2. The van der Waals surface area contributed by atoms with Crippen LogP contribution in [0.3, 0.4) is 0 Å². The van der Waals surface area contributed by atoms with Crippen molar-refractivity contribution >= 4 is 5.91 Å². The van der Waals surface area contributed by atoms with E-state index in [2.05, 4.69) is 6.07 Å². The minimum absolute atomic E-state index is 0.489. The van der Waals surface area contributed by atoms with Crippen LogP contribution < -0.4 is 5.48 Å². The number of hydroxylamine groups is 1. The molecular formula is C21H16N2O2. The number of nitrogens with one attached hydrogen (secondary N) is 1. The van der Waals surface area contributed by atoms with Crippen LogP contribution in [0.2, 0.25) is 0 Å². The van der Waals surface area contributed by atoms with E-state index in [9.17, 15) is 10.1 Å². The minimum Gasteiger partial charge on any atom is -0.289 e. The van der Waals surface area contributed by atoms with Crippen molar-refractivity contribution in [3.8, 4) is 17.2 Å². The van der Waals surface area contributed by atoms with Gasteiger partial charge in [0.1, 0.15) is 0 Å². The first kappa shape index (κ1) is 16.4. The molecule has 0 radical (unpaired) electrons. The second kappa shape index (κ2) is 7.43. The predicted molar refractivity (Wildman–Crippen MR) is 94.8 cm³/mol. The maximum absolute atomic E-state index is 12.2. The highest BCUT2D eigenvalue weighted by Crippen LogP contribution is 2.29. The number of carbonyl (C=O) groups excluding carboxylic acids is 1. The van der Waals surface area contributed by atoms with Gasteiger partial charge in [0.15, 0.2) is 0 Å². The molecule has 0 heterocycles. The lowest BCUT2D eigenvalue weighted by atomic mass is 9.89. The molecule has 0 aromatic heterocycles. The van der Waals surface area contributed by atoms with Crippen LogP contribution in [-0.4, -0.2) is 11.1 Å². The average Bonchev–Trinajstić information content (AvgIpc) is 2.69. The summed E-state index contributed by atoms with van der Waals surface area (Å²) in [6, 6.07) is 26.3. The number of nitrogens with zero attached hydrogens (tertiary/aromatic N) is 1. The summed E-state index contributed by atoms with van der Waals surface area (Å²) in [6.07, 6.45) is 0. The number of amides is 1. The number of rotatable bonds is 4. The average molecular weight is 328 g/mol. The zero-order chi connectivity index (χ0) is 17.6. The summed E-state index contributed by atoms with van der Waals surface area (Å²) in [6.45, 7) is 0. The summed E-state index contributed by atoms with van der Waals surface area (Å²) in [5, 5.41) is 18.3. The molecular weight excluding hydrogens is 312 g/mol. The zero-order valence-corrected chi connectivity index (χ0v) is 13.4. The van der Waals surface area contributed by atoms with Crippen LogP contribution in [0.25, 0.3) is 11.1 Å². The van der Waals surface area contributed by atoms with E-state index in [0.717, 1.165) is 22.3 Å². The Balaban J connectivity index is 2.00. The van der Waals surface area contributed by atoms with Crippen molar-refractivity contribution in [3.63, 3.8) is 0 Å². The molecule has 1 unspecified atom stereocenters. The lowest BCUT2D eigenvalue weighted by molar-refractivity contribution is -0.129. The molecule has 0 aliphatic carbocycles. The summed E-state index contributed by atoms with van der Waals surface area (Å²) in [7, 11) is 0. The van der Waals surface area contributed by atoms with E-state index in [4.69, 9.17) is 5.21 Å². The number of benzene rings is 3. The summed E-state index contributed by atoms with van der Waals surface area (Å²) >= 11 is 0. The first-order valence-electron chi connectivity index (χ1n) is 7.83. The molecule has 1 atom stereocenters. The van der Waals surface area contributed by atoms with Gasteiger partial charge in [-0.25, -0.2) is 5.48 Å². The molecule has 0 aliphatic heterocycles. The third-order valence-corrected chi connectivity index (χ3v) is 4.11. The van der Waals surface area contributed by atoms with Crippen LogP contribution in [-0.2, 0) is 4.79 Å². The Morgan fingerprint density at radius 3 is 2.12 bits per heavy atom. The topological polar surface area (TPSA) is 73.1 Å². The zero-order valence-electron chi connectivity index (χ0n) is 13.4. The van der Waals surface area contributed by atoms with E-state index >= 15 is 0 Å². The molecule has 0 saturated carbocycles. The van der Waals surface area contributed by atoms with Crippen molar-refractivity contribution < 1.29 is 10.0 Å². The molecule has 0 aliphatic rings. The van der Waals surface area contributed by atoms with Crippen molar-refractivity contribution in [2.45, 2.75) is 5.92 Å². The Morgan fingerprint density at radius 2 is 1.48 bits per heavy atom. The number of nitriles is 1. The van der Waals surface area contributed by atoms with Gasteiger partial charge in [-0.3, -0.25) is 10.0 Å². The van der Waals surface area contributed by atoms with Gasteiger partial charge in [-0.2, -0.15) is 5.26 Å². The van der Waals surface area contributed by atoms with E-state index in [-0.39, 0.29) is 0 Å². The van der Waals surface area contributed by atoms with Crippen molar-refractivity contribution in [3.05, 3.63) is 95.6 Å². The molecule has 3 rings (SSSR count). The lowest BCUT2D eigenvalue weighted by Crippen LogP contribution is -2.27. The second-order valence-electron chi connectivity index (χ2n) is 5.60. The maximum Gasteiger partial charge on any atom is 0.255 e. The van der Waals surface area contributed by atoms with E-state index in [1.807, 2.05) is 72.8 Å². The third-order valence-electron chi connectivity index (χ3n) is 4.11. The highest BCUT2D eigenvalue weighted by atomic mass is 16.5. The van der Waals surface area contributed by atoms with Crippen molar-refractivity contribution in [1.82, 2.24) is 5.48 Å². The molecule has 2 N–H and O–H groups in total. The molecule has 1 amide bonds. The van der Waals surface area contributed by atoms with Gasteiger partial charge < -0.3 is 0 Å². The fourth-order valence-electron chi connectivity index (χ4n) is 2.89. The maximum atomic E-state index is 12.2. The van der Waals surface area contributed by atoms with E-state index in [0.29, 0.717) is 5.56 Å². The number of hydrogen-bond acceptors (Lipinski definition) is 3. The first-order valence-corrected chi connectivity index (χ1v) is 7.83. The van der Waals surface area contributed by atoms with Crippen molar-refractivity contribution in [1.29, 1.82) is 5.26 Å². The van der Waals surface area contributed by atoms with E-state index < -0.39 is 11.8 Å². The van der Waals surface area contributed by atoms with Crippen molar-refractivity contribution in [2.24, 2.45) is 0 Å². The smallest absolute Gasteiger partial charge is 0.255 e. The summed E-state index contributed by atoms with van der Waals surface area (Å²) in [4.78, 5) is 12.2. The van der Waals surface area contributed by atoms with Crippen LogP contribution in [0.1, 0.15) is 22.6 Å². The highest BCUT2D eigenvalue weighted by Gasteiger charge is 2.22. The summed E-state index contributed by atoms with van der Waals surface area (Å²) < 4.78 is 0. The van der Waals surface area contributed by atoms with Gasteiger partial charge in [-0.1, -0.05) is 72.8 Å². The monoisotopic (exact) mass is 328 g/mol. The summed E-state index contributed by atoms with van der Waals surface area (Å²) in [5.41, 5.74) is 5.64. The normalized spacial score (nSPS) is 11.4. The molecule has 3 aromatic carbocycles. The minimum atomic E-state index is -0.605. The predicted octanol–water partition coefficient (Wildman–Crippen LogP) is 3.86. The van der Waals surface area contributed by atoms with Gasteiger partial charge in [-0.15, -0.1) is 0 Å². The number of hydrogen-bond donors (Lipinski definition) is 2. The van der Waals surface area contributed by atoms with Gasteiger partial charge in [0.25, 0.3) is 5.91 Å². The molecule has 4 heteroatoms. The Morgan fingerprint density at radius 1 is 0.880 bits per heavy atom. The third kappa shape index (κ3) is 3.42. The van der Waals surface area contributed by atoms with Gasteiger partial charge in [0, 0.05) is 0 Å². The SMILES string of the molecule is N#Cc1ccccc1-c1ccc(C(C(=O)NO)c2ccccc2)cc1. The largest absolute Gasteiger partial charge is 0.289 e. The van der Waals surface area contributed by atoms with Gasteiger partial charge >= 0.3 is 0 Å². The van der Waals surface area contributed by atoms with Crippen LogP contribution in [0.15, 0.2) is 78.9 Å². The second-order valence-corrected chi connectivity index (χ2v) is 5.60. The standard InChI is InChI=1S/C21H16N2O2/c22-14-18-8-4-5-9-19(18)15-10-12-17(13-11-15)20(21(24)23-25)16-6-2-1-3-7-16/h1-13,20,25H,(H,23,24). The lowest BCUT2D eigenvalue weighted by Gasteiger charge is -2.16. The fraction of sp³-hybridized carbons (Fsp3) is 0.0476. The van der Waals surface area contributed by atoms with Crippen LogP contribution >= 0.6 is 0 Å². The fourth-order valence-corrected chi connectivity index (χ4v) is 2.89. The Kier molecular flexibility index (Phi) is 4.89. The molecule has 3 aromatic rings.